The summed E-state index contributed by atoms with van der Waals surface area (Å²) in [6.07, 6.45) is 1.35. The Morgan fingerprint density at radius 2 is 1.92 bits per heavy atom. The standard InChI is InChI=1S/C8H22O3Si2/c1-12(11-13(2,3)4)8(10)6-5-7-9/h8-10,12H,5-7H2,1-4H3. The fourth-order valence-electron chi connectivity index (χ4n) is 1.17. The lowest BCUT2D eigenvalue weighted by Gasteiger charge is -2.26. The maximum Gasteiger partial charge on any atom is 0.188 e. The molecular weight excluding hydrogens is 200 g/mol. The molecule has 0 fully saturated rings. The van der Waals surface area contributed by atoms with E-state index in [-0.39, 0.29) is 12.3 Å². The highest BCUT2D eigenvalue weighted by Gasteiger charge is 2.23. The Kier molecular flexibility index (Phi) is 6.07. The van der Waals surface area contributed by atoms with Gasteiger partial charge in [0.2, 0.25) is 0 Å². The second kappa shape index (κ2) is 5.92. The molecule has 0 bridgehead atoms. The highest BCUT2D eigenvalue weighted by atomic mass is 28.4. The van der Waals surface area contributed by atoms with Crippen LogP contribution in [0.4, 0.5) is 0 Å². The predicted octanol–water partition coefficient (Wildman–Crippen LogP) is 0.864. The molecule has 2 unspecified atom stereocenters. The Bertz CT molecular complexity index is 136. The monoisotopic (exact) mass is 222 g/mol. The minimum Gasteiger partial charge on any atom is -0.456 e. The summed E-state index contributed by atoms with van der Waals surface area (Å²) in [5, 5.41) is 18.3. The van der Waals surface area contributed by atoms with Crippen molar-refractivity contribution in [1.82, 2.24) is 0 Å². The van der Waals surface area contributed by atoms with Crippen molar-refractivity contribution in [2.45, 2.75) is 44.8 Å². The van der Waals surface area contributed by atoms with Gasteiger partial charge in [0.05, 0.1) is 5.73 Å². The summed E-state index contributed by atoms with van der Waals surface area (Å²) in [5.74, 6) is 0. The maximum absolute atomic E-state index is 9.66. The van der Waals surface area contributed by atoms with E-state index in [9.17, 15) is 5.11 Å². The van der Waals surface area contributed by atoms with E-state index in [0.29, 0.717) is 12.8 Å². The summed E-state index contributed by atoms with van der Waals surface area (Å²) < 4.78 is 5.84. The van der Waals surface area contributed by atoms with Crippen molar-refractivity contribution in [1.29, 1.82) is 0 Å². The molecule has 0 spiro atoms. The molecule has 0 rings (SSSR count). The second-order valence-corrected chi connectivity index (χ2v) is 11.7. The molecule has 0 heterocycles. The molecule has 0 aliphatic rings. The van der Waals surface area contributed by atoms with Crippen molar-refractivity contribution >= 4 is 17.4 Å². The number of hydrogen-bond donors (Lipinski definition) is 2. The van der Waals surface area contributed by atoms with Gasteiger partial charge in [0.25, 0.3) is 0 Å². The van der Waals surface area contributed by atoms with Gasteiger partial charge < -0.3 is 14.3 Å². The van der Waals surface area contributed by atoms with Crippen LogP contribution in [0.15, 0.2) is 0 Å². The van der Waals surface area contributed by atoms with E-state index in [0.717, 1.165) is 0 Å². The van der Waals surface area contributed by atoms with Gasteiger partial charge in [-0.15, -0.1) is 0 Å². The third-order valence-corrected chi connectivity index (χ3v) is 7.47. The van der Waals surface area contributed by atoms with Crippen molar-refractivity contribution in [3.8, 4) is 0 Å². The third-order valence-electron chi connectivity index (χ3n) is 1.74. The Morgan fingerprint density at radius 3 is 2.31 bits per heavy atom. The van der Waals surface area contributed by atoms with E-state index in [1.54, 1.807) is 0 Å². The smallest absolute Gasteiger partial charge is 0.188 e. The minimum absolute atomic E-state index is 0.158. The molecule has 0 aliphatic heterocycles. The molecule has 5 heteroatoms. The minimum atomic E-state index is -1.48. The van der Waals surface area contributed by atoms with E-state index in [1.807, 2.05) is 6.55 Å². The van der Waals surface area contributed by atoms with Gasteiger partial charge in [0, 0.05) is 6.61 Å². The van der Waals surface area contributed by atoms with Gasteiger partial charge in [-0.05, 0) is 39.0 Å². The molecule has 2 N–H and O–H groups in total. The molecule has 0 aromatic heterocycles. The van der Waals surface area contributed by atoms with Crippen LogP contribution >= 0.6 is 0 Å². The first-order valence-electron chi connectivity index (χ1n) is 4.83. The first-order valence-corrected chi connectivity index (χ1v) is 10.5. The van der Waals surface area contributed by atoms with Crippen LogP contribution in [0.1, 0.15) is 12.8 Å². The van der Waals surface area contributed by atoms with E-state index in [1.165, 1.54) is 0 Å². The Labute approximate surface area is 83.6 Å². The molecule has 0 amide bonds. The van der Waals surface area contributed by atoms with Crippen LogP contribution in [0.2, 0.25) is 26.2 Å². The van der Waals surface area contributed by atoms with Crippen LogP contribution in [-0.2, 0) is 4.12 Å². The molecule has 0 aromatic rings. The number of rotatable bonds is 6. The Balaban J connectivity index is 3.75. The van der Waals surface area contributed by atoms with E-state index in [2.05, 4.69) is 19.6 Å². The largest absolute Gasteiger partial charge is 0.456 e. The molecule has 3 nitrogen and oxygen atoms in total. The average Bonchev–Trinajstić information content (AvgIpc) is 1.96. The average molecular weight is 222 g/mol. The van der Waals surface area contributed by atoms with Crippen molar-refractivity contribution in [2.24, 2.45) is 0 Å². The van der Waals surface area contributed by atoms with E-state index in [4.69, 9.17) is 9.22 Å². The van der Waals surface area contributed by atoms with E-state index < -0.39 is 17.4 Å². The molecule has 0 saturated carbocycles. The maximum atomic E-state index is 9.66. The SMILES string of the molecule is C[SiH](O[Si](C)(C)C)C(O)CCCO. The Hall–Kier alpha value is 0.314. The van der Waals surface area contributed by atoms with Gasteiger partial charge in [-0.2, -0.15) is 0 Å². The van der Waals surface area contributed by atoms with Crippen LogP contribution in [0.5, 0.6) is 0 Å². The highest BCUT2D eigenvalue weighted by Crippen LogP contribution is 2.10. The van der Waals surface area contributed by atoms with Crippen molar-refractivity contribution in [2.75, 3.05) is 6.61 Å². The molecule has 2 atom stereocenters. The summed E-state index contributed by atoms with van der Waals surface area (Å²) in [6, 6.07) is 0. The summed E-state index contributed by atoms with van der Waals surface area (Å²) >= 11 is 0. The molecule has 0 aromatic carbocycles. The molecular formula is C8H22O3Si2. The molecule has 0 aliphatic carbocycles. The first-order chi connectivity index (χ1) is 5.87. The zero-order chi connectivity index (χ0) is 10.5. The quantitative estimate of drug-likeness (QED) is 0.656. The highest BCUT2D eigenvalue weighted by molar-refractivity contribution is 6.77. The zero-order valence-corrected chi connectivity index (χ0v) is 11.2. The van der Waals surface area contributed by atoms with Crippen LogP contribution < -0.4 is 0 Å². The number of aliphatic hydroxyl groups excluding tert-OH is 2. The number of hydrogen-bond acceptors (Lipinski definition) is 3. The third kappa shape index (κ3) is 7.39. The lowest BCUT2D eigenvalue weighted by atomic mass is 10.3. The normalized spacial score (nSPS) is 17.1. The fourth-order valence-corrected chi connectivity index (χ4v) is 6.97. The van der Waals surface area contributed by atoms with Crippen molar-refractivity contribution in [3.63, 3.8) is 0 Å². The Morgan fingerprint density at radius 1 is 1.38 bits per heavy atom. The van der Waals surface area contributed by atoms with Gasteiger partial charge in [-0.3, -0.25) is 0 Å². The summed E-state index contributed by atoms with van der Waals surface area (Å²) in [6.45, 7) is 8.59. The van der Waals surface area contributed by atoms with Crippen LogP contribution in [0.25, 0.3) is 0 Å². The molecule has 0 radical (unpaired) electrons. The van der Waals surface area contributed by atoms with Gasteiger partial charge >= 0.3 is 0 Å². The van der Waals surface area contributed by atoms with Gasteiger partial charge in [0.15, 0.2) is 17.4 Å². The summed E-state index contributed by atoms with van der Waals surface area (Å²) in [4.78, 5) is 0. The van der Waals surface area contributed by atoms with Crippen molar-refractivity contribution < 1.29 is 14.3 Å². The first kappa shape index (κ1) is 13.3. The molecule has 13 heavy (non-hydrogen) atoms. The van der Waals surface area contributed by atoms with Gasteiger partial charge in [0.1, 0.15) is 0 Å². The summed E-state index contributed by atoms with van der Waals surface area (Å²) in [7, 11) is -2.93. The van der Waals surface area contributed by atoms with Crippen LogP contribution in [0, 0.1) is 0 Å². The van der Waals surface area contributed by atoms with Crippen LogP contribution in [-0.4, -0.2) is 39.9 Å². The fraction of sp³-hybridized carbons (Fsp3) is 1.00. The molecule has 80 valence electrons. The van der Waals surface area contributed by atoms with E-state index >= 15 is 0 Å². The molecule has 0 saturated heterocycles. The zero-order valence-electron chi connectivity index (χ0n) is 9.08. The lowest BCUT2D eigenvalue weighted by Crippen LogP contribution is -2.40. The second-order valence-electron chi connectivity index (χ2n) is 4.37. The summed E-state index contributed by atoms with van der Waals surface area (Å²) in [5.41, 5.74) is -0.307. The topological polar surface area (TPSA) is 49.7 Å². The van der Waals surface area contributed by atoms with Crippen molar-refractivity contribution in [3.05, 3.63) is 0 Å². The predicted molar refractivity (Wildman–Crippen MR) is 59.8 cm³/mol. The van der Waals surface area contributed by atoms with Gasteiger partial charge in [-0.1, -0.05) is 0 Å². The number of aliphatic hydroxyl groups is 2. The lowest BCUT2D eigenvalue weighted by molar-refractivity contribution is 0.198. The van der Waals surface area contributed by atoms with Crippen LogP contribution in [0.3, 0.4) is 0 Å². The van der Waals surface area contributed by atoms with Gasteiger partial charge in [-0.25, -0.2) is 0 Å².